The molecule has 0 aromatic carbocycles. The van der Waals surface area contributed by atoms with Crippen LogP contribution < -0.4 is 10.3 Å². The molecule has 0 fully saturated rings. The Morgan fingerprint density at radius 2 is 1.42 bits per heavy atom. The van der Waals surface area contributed by atoms with E-state index in [4.69, 9.17) is 10.5 Å². The molecule has 0 aliphatic heterocycles. The average molecular weight is 386 g/mol. The second kappa shape index (κ2) is 15.6. The number of pyridine rings is 1. The van der Waals surface area contributed by atoms with Crippen molar-refractivity contribution in [2.45, 2.75) is 77.7 Å². The Kier molecular flexibility index (Phi) is 14.6. The van der Waals surface area contributed by atoms with Crippen molar-refractivity contribution in [2.75, 3.05) is 6.61 Å². The first kappa shape index (κ1) is 24.4. The molecule has 0 unspecified atom stereocenters. The number of carbonyl (C=O) groups excluding carboxylic acids is 2. The van der Waals surface area contributed by atoms with Gasteiger partial charge < -0.3 is 10.5 Å². The van der Waals surface area contributed by atoms with Crippen LogP contribution in [0.3, 0.4) is 0 Å². The molecule has 0 bridgehead atoms. The minimum absolute atomic E-state index is 0. The molecule has 1 amide bonds. The average Bonchev–Trinajstić information content (AvgIpc) is 2.60. The van der Waals surface area contributed by atoms with E-state index in [1.165, 1.54) is 51.4 Å². The third kappa shape index (κ3) is 11.9. The number of aromatic nitrogens is 1. The number of hydrogen-bond donors (Lipinski definition) is 1. The van der Waals surface area contributed by atoms with E-state index in [0.717, 1.165) is 12.8 Å². The number of esters is 1. The largest absolute Gasteiger partial charge is 0.461 e. The van der Waals surface area contributed by atoms with Crippen LogP contribution in [-0.4, -0.2) is 18.5 Å². The van der Waals surface area contributed by atoms with Crippen molar-refractivity contribution in [3.8, 4) is 0 Å². The summed E-state index contributed by atoms with van der Waals surface area (Å²) < 4.78 is 6.92. The van der Waals surface area contributed by atoms with Crippen molar-refractivity contribution < 1.29 is 18.9 Å². The van der Waals surface area contributed by atoms with Gasteiger partial charge in [0, 0.05) is 12.1 Å². The fourth-order valence-electron chi connectivity index (χ4n) is 2.70. The van der Waals surface area contributed by atoms with Crippen LogP contribution in [0.25, 0.3) is 0 Å². The van der Waals surface area contributed by atoms with Gasteiger partial charge in [0.05, 0.1) is 12.2 Å². The fourth-order valence-corrected chi connectivity index (χ4v) is 2.70. The van der Waals surface area contributed by atoms with Crippen LogP contribution in [0.5, 0.6) is 0 Å². The zero-order chi connectivity index (χ0) is 18.3. The van der Waals surface area contributed by atoms with Gasteiger partial charge in [-0.1, -0.05) is 64.7 Å². The Bertz CT molecular complexity index is 506. The van der Waals surface area contributed by atoms with Crippen LogP contribution >= 0.6 is 12.4 Å². The highest BCUT2D eigenvalue weighted by atomic mass is 35.5. The number of primary amides is 1. The maximum atomic E-state index is 11.8. The summed E-state index contributed by atoms with van der Waals surface area (Å²) in [7, 11) is 0. The molecular formula is C20H34ClN2O3+. The first-order valence-electron chi connectivity index (χ1n) is 9.58. The lowest BCUT2D eigenvalue weighted by Crippen LogP contribution is -2.38. The highest BCUT2D eigenvalue weighted by molar-refractivity contribution is 5.92. The second-order valence-corrected chi connectivity index (χ2v) is 6.53. The number of hydrogen-bond acceptors (Lipinski definition) is 3. The van der Waals surface area contributed by atoms with Gasteiger partial charge in [-0.3, -0.25) is 4.79 Å². The van der Waals surface area contributed by atoms with Crippen molar-refractivity contribution >= 4 is 24.3 Å². The van der Waals surface area contributed by atoms with E-state index in [0.29, 0.717) is 12.2 Å². The molecule has 148 valence electrons. The molecule has 1 heterocycles. The molecule has 1 aromatic heterocycles. The van der Waals surface area contributed by atoms with Crippen LogP contribution in [0.2, 0.25) is 0 Å². The zero-order valence-corrected chi connectivity index (χ0v) is 16.8. The van der Waals surface area contributed by atoms with Crippen molar-refractivity contribution in [1.29, 1.82) is 0 Å². The van der Waals surface area contributed by atoms with Gasteiger partial charge in [-0.15, -0.1) is 12.4 Å². The highest BCUT2D eigenvalue weighted by Gasteiger charge is 2.11. The minimum atomic E-state index is -0.476. The SMILES string of the molecule is CCCCCCCCCCCCOC(=O)C[n+]1ccc(C(N)=O)cc1.Cl. The topological polar surface area (TPSA) is 73.3 Å². The number of halogens is 1. The van der Waals surface area contributed by atoms with Crippen LogP contribution in [0.4, 0.5) is 0 Å². The molecule has 0 aliphatic carbocycles. The first-order valence-corrected chi connectivity index (χ1v) is 9.58. The smallest absolute Gasteiger partial charge is 0.372 e. The third-order valence-electron chi connectivity index (χ3n) is 4.25. The van der Waals surface area contributed by atoms with Crippen LogP contribution in [0, 0.1) is 0 Å². The quantitative estimate of drug-likeness (QED) is 0.299. The molecule has 5 nitrogen and oxygen atoms in total. The predicted molar refractivity (Wildman–Crippen MR) is 105 cm³/mol. The Balaban J connectivity index is 0.00000625. The number of rotatable bonds is 14. The molecule has 0 atom stereocenters. The summed E-state index contributed by atoms with van der Waals surface area (Å²) in [6.45, 7) is 2.87. The van der Waals surface area contributed by atoms with E-state index in [1.54, 1.807) is 29.1 Å². The normalized spacial score (nSPS) is 10.2. The lowest BCUT2D eigenvalue weighted by molar-refractivity contribution is -0.686. The number of unbranched alkanes of at least 4 members (excludes halogenated alkanes) is 9. The Hall–Kier alpha value is -1.62. The molecule has 2 N–H and O–H groups in total. The number of carbonyl (C=O) groups is 2. The first-order chi connectivity index (χ1) is 12.1. The zero-order valence-electron chi connectivity index (χ0n) is 16.0. The lowest BCUT2D eigenvalue weighted by Gasteiger charge is -2.04. The minimum Gasteiger partial charge on any atom is -0.461 e. The Morgan fingerprint density at radius 3 is 1.92 bits per heavy atom. The molecule has 1 rings (SSSR count). The van der Waals surface area contributed by atoms with Crippen LogP contribution in [0.15, 0.2) is 24.5 Å². The van der Waals surface area contributed by atoms with E-state index in [2.05, 4.69) is 6.92 Å². The third-order valence-corrected chi connectivity index (χ3v) is 4.25. The molecule has 0 spiro atoms. The Morgan fingerprint density at radius 1 is 0.923 bits per heavy atom. The molecule has 0 saturated heterocycles. The molecular weight excluding hydrogens is 352 g/mol. The number of amides is 1. The monoisotopic (exact) mass is 385 g/mol. The van der Waals surface area contributed by atoms with E-state index >= 15 is 0 Å². The summed E-state index contributed by atoms with van der Waals surface area (Å²) in [5.41, 5.74) is 5.60. The molecule has 1 aromatic rings. The fraction of sp³-hybridized carbons (Fsp3) is 0.650. The number of nitrogens with zero attached hydrogens (tertiary/aromatic N) is 1. The summed E-state index contributed by atoms with van der Waals surface area (Å²) in [6.07, 6.45) is 15.9. The lowest BCUT2D eigenvalue weighted by atomic mass is 10.1. The number of ether oxygens (including phenoxy) is 1. The summed E-state index contributed by atoms with van der Waals surface area (Å²) in [6, 6.07) is 3.19. The molecule has 0 aliphatic rings. The van der Waals surface area contributed by atoms with Gasteiger partial charge in [0.25, 0.3) is 0 Å². The van der Waals surface area contributed by atoms with Crippen molar-refractivity contribution in [2.24, 2.45) is 5.73 Å². The standard InChI is InChI=1S/C20H32N2O3.ClH/c1-2-3-4-5-6-7-8-9-10-11-16-25-19(23)17-22-14-12-18(13-15-22)20(21)24;/h12-15H,2-11,16-17H2,1H3,(H-,21,24);1H/p+1. The molecule has 0 saturated carbocycles. The van der Waals surface area contributed by atoms with Crippen molar-refractivity contribution in [3.05, 3.63) is 30.1 Å². The van der Waals surface area contributed by atoms with Crippen LogP contribution in [-0.2, 0) is 16.1 Å². The van der Waals surface area contributed by atoms with Gasteiger partial charge in [0.15, 0.2) is 12.4 Å². The predicted octanol–water partition coefficient (Wildman–Crippen LogP) is 3.96. The van der Waals surface area contributed by atoms with Gasteiger partial charge in [0.2, 0.25) is 12.5 Å². The summed E-state index contributed by atoms with van der Waals surface area (Å²) >= 11 is 0. The van der Waals surface area contributed by atoms with Gasteiger partial charge in [0.1, 0.15) is 0 Å². The highest BCUT2D eigenvalue weighted by Crippen LogP contribution is 2.10. The van der Waals surface area contributed by atoms with E-state index in [-0.39, 0.29) is 24.9 Å². The molecule has 0 radical (unpaired) electrons. The second-order valence-electron chi connectivity index (χ2n) is 6.53. The summed E-state index contributed by atoms with van der Waals surface area (Å²) in [4.78, 5) is 22.7. The molecule has 26 heavy (non-hydrogen) atoms. The van der Waals surface area contributed by atoms with Gasteiger partial charge in [-0.25, -0.2) is 4.79 Å². The molecule has 6 heteroatoms. The van der Waals surface area contributed by atoms with Crippen LogP contribution in [0.1, 0.15) is 81.5 Å². The maximum absolute atomic E-state index is 11.8. The maximum Gasteiger partial charge on any atom is 0.372 e. The summed E-state index contributed by atoms with van der Waals surface area (Å²) in [5.74, 6) is -0.733. The van der Waals surface area contributed by atoms with Gasteiger partial charge in [-0.05, 0) is 6.42 Å². The van der Waals surface area contributed by atoms with Crippen molar-refractivity contribution in [3.63, 3.8) is 0 Å². The van der Waals surface area contributed by atoms with Gasteiger partial charge >= 0.3 is 5.97 Å². The summed E-state index contributed by atoms with van der Waals surface area (Å²) in [5, 5.41) is 0. The Labute approximate surface area is 163 Å². The van der Waals surface area contributed by atoms with E-state index < -0.39 is 5.91 Å². The number of nitrogens with two attached hydrogens (primary N) is 1. The van der Waals surface area contributed by atoms with Crippen molar-refractivity contribution in [1.82, 2.24) is 0 Å². The van der Waals surface area contributed by atoms with E-state index in [9.17, 15) is 9.59 Å². The van der Waals surface area contributed by atoms with E-state index in [1.807, 2.05) is 0 Å². The van der Waals surface area contributed by atoms with Gasteiger partial charge in [-0.2, -0.15) is 4.57 Å².